The van der Waals surface area contributed by atoms with E-state index >= 15 is 0 Å². The van der Waals surface area contributed by atoms with E-state index in [0.29, 0.717) is 16.8 Å². The Hall–Kier alpha value is -0.870. The maximum Gasteiger partial charge on any atom is 0.174 e. The minimum atomic E-state index is 0.294. The van der Waals surface area contributed by atoms with E-state index in [9.17, 15) is 0 Å². The Morgan fingerprint density at radius 2 is 2.40 bits per heavy atom. The Labute approximate surface area is 94.4 Å². The summed E-state index contributed by atoms with van der Waals surface area (Å²) in [5.41, 5.74) is 7.14. The Balaban J connectivity index is 2.02. The second-order valence-electron chi connectivity index (χ2n) is 4.20. The van der Waals surface area contributed by atoms with Gasteiger partial charge in [-0.3, -0.25) is 0 Å². The van der Waals surface area contributed by atoms with E-state index in [0.717, 1.165) is 18.7 Å². The first-order chi connectivity index (χ1) is 7.15. The molecule has 0 spiro atoms. The maximum atomic E-state index is 5.71. The third-order valence-electron chi connectivity index (χ3n) is 2.81. The molecule has 1 aliphatic heterocycles. The third kappa shape index (κ3) is 2.58. The van der Waals surface area contributed by atoms with Crippen LogP contribution in [0, 0.1) is 5.92 Å². The summed E-state index contributed by atoms with van der Waals surface area (Å²) < 4.78 is 0. The highest BCUT2D eigenvalue weighted by atomic mass is 35.5. The van der Waals surface area contributed by atoms with Crippen LogP contribution >= 0.6 is 11.6 Å². The standard InChI is InChI=1S/C10H15ClN4/c1-15-3-2-7(6-15)4-8-5-9(12)10(11)14-13-8/h5,7H,2-4,6H2,1H3,(H2,12,13). The fraction of sp³-hybridized carbons (Fsp3) is 0.600. The largest absolute Gasteiger partial charge is 0.396 e. The number of nitrogens with two attached hydrogens (primary N) is 1. The number of hydrogen-bond acceptors (Lipinski definition) is 4. The van der Waals surface area contributed by atoms with Crippen molar-refractivity contribution in [1.29, 1.82) is 0 Å². The summed E-state index contributed by atoms with van der Waals surface area (Å²) in [5, 5.41) is 8.16. The van der Waals surface area contributed by atoms with Crippen molar-refractivity contribution < 1.29 is 0 Å². The van der Waals surface area contributed by atoms with E-state index in [1.54, 1.807) is 0 Å². The van der Waals surface area contributed by atoms with Crippen molar-refractivity contribution in [2.24, 2.45) is 5.92 Å². The molecule has 4 nitrogen and oxygen atoms in total. The fourth-order valence-corrected chi connectivity index (χ4v) is 2.11. The van der Waals surface area contributed by atoms with Gasteiger partial charge in [-0.15, -0.1) is 5.10 Å². The van der Waals surface area contributed by atoms with Gasteiger partial charge in [0.1, 0.15) is 0 Å². The number of hydrogen-bond donors (Lipinski definition) is 1. The van der Waals surface area contributed by atoms with E-state index in [4.69, 9.17) is 17.3 Å². The molecule has 0 amide bonds. The first-order valence-electron chi connectivity index (χ1n) is 5.11. The molecule has 1 fully saturated rings. The van der Waals surface area contributed by atoms with Gasteiger partial charge >= 0.3 is 0 Å². The zero-order valence-corrected chi connectivity index (χ0v) is 9.54. The number of aromatic nitrogens is 2. The van der Waals surface area contributed by atoms with Gasteiger partial charge < -0.3 is 10.6 Å². The molecule has 0 radical (unpaired) electrons. The van der Waals surface area contributed by atoms with Crippen LogP contribution in [0.1, 0.15) is 12.1 Å². The Morgan fingerprint density at radius 3 is 3.00 bits per heavy atom. The number of nitrogen functional groups attached to an aromatic ring is 1. The molecule has 0 aromatic carbocycles. The SMILES string of the molecule is CN1CCC(Cc2cc(N)c(Cl)nn2)C1. The highest BCUT2D eigenvalue weighted by Gasteiger charge is 2.20. The monoisotopic (exact) mass is 226 g/mol. The minimum absolute atomic E-state index is 0.294. The van der Waals surface area contributed by atoms with Gasteiger partial charge in [0, 0.05) is 6.54 Å². The molecule has 2 N–H and O–H groups in total. The fourth-order valence-electron chi connectivity index (χ4n) is 2.02. The first kappa shape index (κ1) is 10.6. The summed E-state index contributed by atoms with van der Waals surface area (Å²) >= 11 is 5.71. The number of anilines is 1. The number of halogens is 1. The molecule has 5 heteroatoms. The molecule has 1 unspecified atom stereocenters. The predicted octanol–water partition coefficient (Wildman–Crippen LogP) is 1.21. The lowest BCUT2D eigenvalue weighted by molar-refractivity contribution is 0.393. The van der Waals surface area contributed by atoms with Gasteiger partial charge in [0.2, 0.25) is 0 Å². The Kier molecular flexibility index (Phi) is 3.07. The van der Waals surface area contributed by atoms with Crippen molar-refractivity contribution >= 4 is 17.3 Å². The zero-order chi connectivity index (χ0) is 10.8. The van der Waals surface area contributed by atoms with Crippen molar-refractivity contribution in [2.75, 3.05) is 25.9 Å². The minimum Gasteiger partial charge on any atom is -0.396 e. The first-order valence-corrected chi connectivity index (χ1v) is 5.49. The van der Waals surface area contributed by atoms with Gasteiger partial charge in [0.15, 0.2) is 5.15 Å². The van der Waals surface area contributed by atoms with Crippen LogP contribution in [0.25, 0.3) is 0 Å². The second kappa shape index (κ2) is 4.33. The van der Waals surface area contributed by atoms with Gasteiger partial charge in [0.05, 0.1) is 11.4 Å². The van der Waals surface area contributed by atoms with Crippen molar-refractivity contribution in [2.45, 2.75) is 12.8 Å². The molecule has 1 aliphatic rings. The summed E-state index contributed by atoms with van der Waals surface area (Å²) in [5.74, 6) is 0.671. The van der Waals surface area contributed by atoms with Crippen LogP contribution in [0.2, 0.25) is 5.15 Å². The van der Waals surface area contributed by atoms with E-state index in [1.165, 1.54) is 13.0 Å². The van der Waals surface area contributed by atoms with Crippen LogP contribution < -0.4 is 5.73 Å². The summed E-state index contributed by atoms with van der Waals surface area (Å²) in [6.07, 6.45) is 2.17. The van der Waals surface area contributed by atoms with E-state index in [1.807, 2.05) is 6.07 Å². The molecule has 15 heavy (non-hydrogen) atoms. The summed E-state index contributed by atoms with van der Waals surface area (Å²) in [4.78, 5) is 2.33. The van der Waals surface area contributed by atoms with Crippen molar-refractivity contribution in [3.63, 3.8) is 0 Å². The molecule has 2 rings (SSSR count). The molecule has 0 bridgehead atoms. The van der Waals surface area contributed by atoms with Crippen molar-refractivity contribution in [3.8, 4) is 0 Å². The topological polar surface area (TPSA) is 55.0 Å². The normalized spacial score (nSPS) is 22.1. The van der Waals surface area contributed by atoms with Crippen LogP contribution in [0.15, 0.2) is 6.07 Å². The molecule has 0 saturated carbocycles. The van der Waals surface area contributed by atoms with E-state index in [-0.39, 0.29) is 0 Å². The van der Waals surface area contributed by atoms with Gasteiger partial charge in [0.25, 0.3) is 0 Å². The van der Waals surface area contributed by atoms with Crippen LogP contribution in [0.3, 0.4) is 0 Å². The highest BCUT2D eigenvalue weighted by Crippen LogP contribution is 2.21. The summed E-state index contributed by atoms with van der Waals surface area (Å²) in [6, 6.07) is 1.83. The lowest BCUT2D eigenvalue weighted by Gasteiger charge is -2.09. The van der Waals surface area contributed by atoms with E-state index < -0.39 is 0 Å². The maximum absolute atomic E-state index is 5.71. The smallest absolute Gasteiger partial charge is 0.174 e. The second-order valence-corrected chi connectivity index (χ2v) is 4.56. The van der Waals surface area contributed by atoms with Crippen LogP contribution in [0.4, 0.5) is 5.69 Å². The van der Waals surface area contributed by atoms with Gasteiger partial charge in [-0.25, -0.2) is 0 Å². The van der Waals surface area contributed by atoms with Crippen LogP contribution in [-0.4, -0.2) is 35.2 Å². The molecule has 1 aromatic heterocycles. The predicted molar refractivity (Wildman–Crippen MR) is 60.8 cm³/mol. The van der Waals surface area contributed by atoms with Gasteiger partial charge in [-0.1, -0.05) is 11.6 Å². The van der Waals surface area contributed by atoms with Crippen LogP contribution in [-0.2, 0) is 6.42 Å². The van der Waals surface area contributed by atoms with Gasteiger partial charge in [-0.05, 0) is 38.4 Å². The number of rotatable bonds is 2. The van der Waals surface area contributed by atoms with Crippen molar-refractivity contribution in [3.05, 3.63) is 16.9 Å². The number of nitrogens with zero attached hydrogens (tertiary/aromatic N) is 3. The molecular formula is C10H15ClN4. The molecule has 82 valence electrons. The highest BCUT2D eigenvalue weighted by molar-refractivity contribution is 6.31. The lowest BCUT2D eigenvalue weighted by Crippen LogP contribution is -2.15. The molecule has 1 saturated heterocycles. The zero-order valence-electron chi connectivity index (χ0n) is 8.78. The molecular weight excluding hydrogens is 212 g/mol. The average Bonchev–Trinajstić information content (AvgIpc) is 2.58. The quantitative estimate of drug-likeness (QED) is 0.824. The van der Waals surface area contributed by atoms with Crippen molar-refractivity contribution in [1.82, 2.24) is 15.1 Å². The Morgan fingerprint density at radius 1 is 1.60 bits per heavy atom. The summed E-state index contributed by atoms with van der Waals surface area (Å²) in [6.45, 7) is 2.30. The van der Waals surface area contributed by atoms with Gasteiger partial charge in [-0.2, -0.15) is 5.10 Å². The average molecular weight is 227 g/mol. The molecule has 1 aromatic rings. The summed E-state index contributed by atoms with van der Waals surface area (Å²) in [7, 11) is 2.14. The number of likely N-dealkylation sites (tertiary alicyclic amines) is 1. The lowest BCUT2D eigenvalue weighted by atomic mass is 10.0. The van der Waals surface area contributed by atoms with Crippen LogP contribution in [0.5, 0.6) is 0 Å². The van der Waals surface area contributed by atoms with E-state index in [2.05, 4.69) is 22.1 Å². The molecule has 0 aliphatic carbocycles. The molecule has 1 atom stereocenters. The third-order valence-corrected chi connectivity index (χ3v) is 3.11. The molecule has 2 heterocycles. The Bertz CT molecular complexity index is 355.